The lowest BCUT2D eigenvalue weighted by atomic mass is 10.1. The van der Waals surface area contributed by atoms with Crippen LogP contribution in [0.15, 0.2) is 24.3 Å². The number of hydrogen-bond acceptors (Lipinski definition) is 4. The zero-order valence-corrected chi connectivity index (χ0v) is 11.6. The van der Waals surface area contributed by atoms with Gasteiger partial charge < -0.3 is 10.5 Å². The van der Waals surface area contributed by atoms with Gasteiger partial charge in [-0.15, -0.1) is 0 Å². The monoisotopic (exact) mass is 262 g/mol. The molecule has 0 heterocycles. The Bertz CT molecular complexity index is 444. The van der Waals surface area contributed by atoms with Crippen molar-refractivity contribution in [3.05, 3.63) is 29.8 Å². The van der Waals surface area contributed by atoms with E-state index >= 15 is 0 Å². The summed E-state index contributed by atoms with van der Waals surface area (Å²) in [5.74, 6) is -0.140. The Balaban J connectivity index is 2.06. The van der Waals surface area contributed by atoms with Crippen LogP contribution in [0.25, 0.3) is 0 Å². The van der Waals surface area contributed by atoms with Gasteiger partial charge in [-0.05, 0) is 44.4 Å². The van der Waals surface area contributed by atoms with Gasteiger partial charge in [0.2, 0.25) is 0 Å². The predicted octanol–water partition coefficient (Wildman–Crippen LogP) is 2.18. The average molecular weight is 262 g/mol. The summed E-state index contributed by atoms with van der Waals surface area (Å²) in [6.45, 7) is 4.93. The largest absolute Gasteiger partial charge is 0.465 e. The predicted molar refractivity (Wildman–Crippen MR) is 75.5 cm³/mol. The van der Waals surface area contributed by atoms with Crippen LogP contribution in [0, 0.1) is 0 Å². The molecule has 1 atom stereocenters. The first-order valence-electron chi connectivity index (χ1n) is 6.88. The zero-order valence-electron chi connectivity index (χ0n) is 11.6. The molecule has 0 aromatic heterocycles. The van der Waals surface area contributed by atoms with Crippen molar-refractivity contribution in [1.29, 1.82) is 0 Å². The Morgan fingerprint density at radius 2 is 2.26 bits per heavy atom. The fourth-order valence-corrected chi connectivity index (χ4v) is 2.29. The molecule has 2 N–H and O–H groups in total. The molecule has 1 aliphatic carbocycles. The van der Waals surface area contributed by atoms with Gasteiger partial charge in [-0.2, -0.15) is 0 Å². The molecule has 0 saturated heterocycles. The maximum absolute atomic E-state index is 11.9. The molecular formula is C15H22N2O2. The van der Waals surface area contributed by atoms with Crippen molar-refractivity contribution >= 4 is 11.7 Å². The van der Waals surface area contributed by atoms with Crippen molar-refractivity contribution in [3.8, 4) is 0 Å². The minimum Gasteiger partial charge on any atom is -0.465 e. The Kier molecular flexibility index (Phi) is 4.43. The summed E-state index contributed by atoms with van der Waals surface area (Å²) in [5, 5.41) is 0. The highest BCUT2D eigenvalue weighted by Crippen LogP contribution is 2.30. The standard InChI is InChI=1S/C15H22N2O2/c1-3-19-15(18)11(2)17(14-7-8-14)10-12-5-4-6-13(16)9-12/h4-6,9,11,14H,3,7-8,10,16H2,1-2H3. The summed E-state index contributed by atoms with van der Waals surface area (Å²) in [4.78, 5) is 14.1. The number of carbonyl (C=O) groups excluding carboxylic acids is 1. The normalized spacial score (nSPS) is 16.4. The van der Waals surface area contributed by atoms with Gasteiger partial charge >= 0.3 is 5.97 Å². The molecule has 1 aromatic rings. The second-order valence-electron chi connectivity index (χ2n) is 5.08. The molecule has 2 rings (SSSR count). The summed E-state index contributed by atoms with van der Waals surface area (Å²) < 4.78 is 5.12. The molecule has 1 saturated carbocycles. The Hall–Kier alpha value is -1.55. The van der Waals surface area contributed by atoms with Gasteiger partial charge in [-0.3, -0.25) is 9.69 Å². The minimum atomic E-state index is -0.200. The van der Waals surface area contributed by atoms with Gasteiger partial charge in [-0.1, -0.05) is 12.1 Å². The van der Waals surface area contributed by atoms with E-state index in [-0.39, 0.29) is 12.0 Å². The van der Waals surface area contributed by atoms with Crippen molar-refractivity contribution in [3.63, 3.8) is 0 Å². The third-order valence-corrected chi connectivity index (χ3v) is 3.46. The van der Waals surface area contributed by atoms with Gasteiger partial charge in [0.25, 0.3) is 0 Å². The fraction of sp³-hybridized carbons (Fsp3) is 0.533. The Labute approximate surface area is 114 Å². The number of nitrogens with two attached hydrogens (primary N) is 1. The van der Waals surface area contributed by atoms with Crippen LogP contribution in [0.2, 0.25) is 0 Å². The molecule has 19 heavy (non-hydrogen) atoms. The molecule has 4 nitrogen and oxygen atoms in total. The number of nitrogen functional groups attached to an aromatic ring is 1. The quantitative estimate of drug-likeness (QED) is 0.630. The van der Waals surface area contributed by atoms with E-state index in [9.17, 15) is 4.79 Å². The second-order valence-corrected chi connectivity index (χ2v) is 5.08. The number of rotatable bonds is 6. The van der Waals surface area contributed by atoms with Crippen molar-refractivity contribution in [2.75, 3.05) is 12.3 Å². The van der Waals surface area contributed by atoms with Crippen molar-refractivity contribution in [1.82, 2.24) is 4.90 Å². The Morgan fingerprint density at radius 3 is 2.84 bits per heavy atom. The van der Waals surface area contributed by atoms with E-state index in [0.29, 0.717) is 12.6 Å². The van der Waals surface area contributed by atoms with Crippen LogP contribution in [0.5, 0.6) is 0 Å². The highest BCUT2D eigenvalue weighted by Gasteiger charge is 2.35. The minimum absolute atomic E-state index is 0.140. The average Bonchev–Trinajstić information content (AvgIpc) is 3.20. The summed E-state index contributed by atoms with van der Waals surface area (Å²) in [7, 11) is 0. The Morgan fingerprint density at radius 1 is 1.53 bits per heavy atom. The number of hydrogen-bond donors (Lipinski definition) is 1. The van der Waals surface area contributed by atoms with Crippen LogP contribution in [-0.2, 0) is 16.1 Å². The highest BCUT2D eigenvalue weighted by molar-refractivity contribution is 5.75. The zero-order chi connectivity index (χ0) is 13.8. The third kappa shape index (κ3) is 3.70. The third-order valence-electron chi connectivity index (χ3n) is 3.46. The maximum atomic E-state index is 11.9. The molecule has 4 heteroatoms. The van der Waals surface area contributed by atoms with Gasteiger partial charge in [0.15, 0.2) is 0 Å². The SMILES string of the molecule is CCOC(=O)C(C)N(Cc1cccc(N)c1)C1CC1. The van der Waals surface area contributed by atoms with Crippen LogP contribution in [-0.4, -0.2) is 29.6 Å². The van der Waals surface area contributed by atoms with E-state index in [0.717, 1.165) is 30.6 Å². The first-order valence-corrected chi connectivity index (χ1v) is 6.88. The number of anilines is 1. The smallest absolute Gasteiger partial charge is 0.323 e. The molecule has 1 aromatic carbocycles. The molecule has 0 amide bonds. The van der Waals surface area contributed by atoms with Crippen LogP contribution in [0.4, 0.5) is 5.69 Å². The lowest BCUT2D eigenvalue weighted by molar-refractivity contribution is -0.149. The molecule has 1 fully saturated rings. The lowest BCUT2D eigenvalue weighted by Crippen LogP contribution is -2.41. The number of carbonyl (C=O) groups is 1. The number of esters is 1. The topological polar surface area (TPSA) is 55.6 Å². The summed E-state index contributed by atoms with van der Waals surface area (Å²) in [6, 6.07) is 8.14. The summed E-state index contributed by atoms with van der Waals surface area (Å²) in [6.07, 6.45) is 2.32. The number of benzene rings is 1. The van der Waals surface area contributed by atoms with E-state index in [1.54, 1.807) is 0 Å². The van der Waals surface area contributed by atoms with Gasteiger partial charge in [-0.25, -0.2) is 0 Å². The van der Waals surface area contributed by atoms with Crippen molar-refractivity contribution in [2.24, 2.45) is 0 Å². The van der Waals surface area contributed by atoms with E-state index in [4.69, 9.17) is 10.5 Å². The summed E-state index contributed by atoms with van der Waals surface area (Å²) >= 11 is 0. The number of ether oxygens (including phenoxy) is 1. The maximum Gasteiger partial charge on any atom is 0.323 e. The summed E-state index contributed by atoms with van der Waals surface area (Å²) in [5.41, 5.74) is 7.70. The van der Waals surface area contributed by atoms with Crippen LogP contribution in [0.3, 0.4) is 0 Å². The van der Waals surface area contributed by atoms with Crippen molar-refractivity contribution < 1.29 is 9.53 Å². The van der Waals surface area contributed by atoms with Crippen LogP contribution < -0.4 is 5.73 Å². The molecule has 0 aliphatic heterocycles. The van der Waals surface area contributed by atoms with Crippen LogP contribution in [0.1, 0.15) is 32.3 Å². The highest BCUT2D eigenvalue weighted by atomic mass is 16.5. The van der Waals surface area contributed by atoms with Gasteiger partial charge in [0.1, 0.15) is 6.04 Å². The lowest BCUT2D eigenvalue weighted by Gasteiger charge is -2.27. The molecule has 1 unspecified atom stereocenters. The van der Waals surface area contributed by atoms with E-state index in [1.165, 1.54) is 0 Å². The van der Waals surface area contributed by atoms with E-state index in [2.05, 4.69) is 4.90 Å². The first-order chi connectivity index (χ1) is 9.11. The molecule has 0 spiro atoms. The molecule has 104 valence electrons. The molecule has 1 aliphatic rings. The van der Waals surface area contributed by atoms with E-state index < -0.39 is 0 Å². The molecular weight excluding hydrogens is 240 g/mol. The number of nitrogens with zero attached hydrogens (tertiary/aromatic N) is 1. The van der Waals surface area contributed by atoms with E-state index in [1.807, 2.05) is 38.1 Å². The second kappa shape index (κ2) is 6.06. The molecule has 0 bridgehead atoms. The fourth-order valence-electron chi connectivity index (χ4n) is 2.29. The first kappa shape index (κ1) is 13.9. The van der Waals surface area contributed by atoms with Crippen molar-refractivity contribution in [2.45, 2.75) is 45.3 Å². The van der Waals surface area contributed by atoms with Gasteiger partial charge in [0, 0.05) is 18.3 Å². The van der Waals surface area contributed by atoms with Gasteiger partial charge in [0.05, 0.1) is 6.61 Å². The van der Waals surface area contributed by atoms with Crippen LogP contribution >= 0.6 is 0 Å². The molecule has 0 radical (unpaired) electrons.